The lowest BCUT2D eigenvalue weighted by atomic mass is 9.79. The molecule has 1 aromatic rings. The largest absolute Gasteiger partial charge is 0.390 e. The van der Waals surface area contributed by atoms with Crippen LogP contribution in [0.15, 0.2) is 30.3 Å². The third kappa shape index (κ3) is 3.83. The van der Waals surface area contributed by atoms with Crippen LogP contribution in [-0.4, -0.2) is 16.7 Å². The van der Waals surface area contributed by atoms with Crippen molar-refractivity contribution in [2.75, 3.05) is 0 Å². The molecule has 1 aliphatic rings. The normalized spacial score (nSPS) is 29.2. The Morgan fingerprint density at radius 1 is 1.29 bits per heavy atom. The molecule has 94 valence electrons. The summed E-state index contributed by atoms with van der Waals surface area (Å²) in [5.41, 5.74) is 6.80. The predicted octanol–water partition coefficient (Wildman–Crippen LogP) is 2.64. The van der Waals surface area contributed by atoms with Gasteiger partial charge in [0.15, 0.2) is 0 Å². The molecule has 0 aromatic heterocycles. The highest BCUT2D eigenvalue weighted by Crippen LogP contribution is 2.31. The Bertz CT molecular complexity index is 338. The molecule has 3 N–H and O–H groups in total. The van der Waals surface area contributed by atoms with E-state index in [-0.39, 0.29) is 6.04 Å². The maximum Gasteiger partial charge on any atom is 0.0662 e. The van der Waals surface area contributed by atoms with Crippen molar-refractivity contribution in [2.45, 2.75) is 56.6 Å². The van der Waals surface area contributed by atoms with Gasteiger partial charge in [-0.2, -0.15) is 0 Å². The van der Waals surface area contributed by atoms with Crippen molar-refractivity contribution in [1.29, 1.82) is 0 Å². The molecule has 2 atom stereocenters. The lowest BCUT2D eigenvalue weighted by Gasteiger charge is -2.35. The summed E-state index contributed by atoms with van der Waals surface area (Å²) in [5.74, 6) is 0. The molecule has 2 rings (SSSR count). The van der Waals surface area contributed by atoms with Gasteiger partial charge in [0.05, 0.1) is 5.60 Å². The van der Waals surface area contributed by atoms with Crippen LogP contribution in [0.25, 0.3) is 0 Å². The van der Waals surface area contributed by atoms with E-state index >= 15 is 0 Å². The molecule has 1 fully saturated rings. The minimum atomic E-state index is -0.494. The van der Waals surface area contributed by atoms with Crippen molar-refractivity contribution in [2.24, 2.45) is 5.73 Å². The van der Waals surface area contributed by atoms with Gasteiger partial charge in [0, 0.05) is 6.04 Å². The number of benzene rings is 1. The summed E-state index contributed by atoms with van der Waals surface area (Å²) in [6.45, 7) is 0. The van der Waals surface area contributed by atoms with Crippen LogP contribution in [-0.2, 0) is 6.42 Å². The number of nitrogens with two attached hydrogens (primary N) is 1. The maximum absolute atomic E-state index is 10.4. The molecule has 1 saturated carbocycles. The number of aliphatic hydroxyl groups is 1. The van der Waals surface area contributed by atoms with Crippen LogP contribution < -0.4 is 5.73 Å². The van der Waals surface area contributed by atoms with E-state index in [9.17, 15) is 5.11 Å². The molecule has 2 heteroatoms. The van der Waals surface area contributed by atoms with E-state index in [4.69, 9.17) is 5.73 Å². The molecule has 1 aliphatic carbocycles. The van der Waals surface area contributed by atoms with E-state index < -0.39 is 5.60 Å². The SMILES string of the molecule is NC1CCCC(O)(CCCc2ccccc2)C1. The smallest absolute Gasteiger partial charge is 0.0662 e. The monoisotopic (exact) mass is 233 g/mol. The highest BCUT2D eigenvalue weighted by molar-refractivity contribution is 5.14. The molecule has 2 nitrogen and oxygen atoms in total. The van der Waals surface area contributed by atoms with Gasteiger partial charge in [-0.3, -0.25) is 0 Å². The topological polar surface area (TPSA) is 46.2 Å². The Hall–Kier alpha value is -0.860. The summed E-state index contributed by atoms with van der Waals surface area (Å²) in [6, 6.07) is 10.7. The third-order valence-corrected chi connectivity index (χ3v) is 3.81. The molecule has 2 unspecified atom stereocenters. The van der Waals surface area contributed by atoms with Crippen LogP contribution in [0.4, 0.5) is 0 Å². The molecule has 0 amide bonds. The lowest BCUT2D eigenvalue weighted by molar-refractivity contribution is -0.0114. The molecule has 0 bridgehead atoms. The number of hydrogen-bond donors (Lipinski definition) is 2. The van der Waals surface area contributed by atoms with Crippen molar-refractivity contribution in [3.8, 4) is 0 Å². The minimum absolute atomic E-state index is 0.200. The fraction of sp³-hybridized carbons (Fsp3) is 0.600. The van der Waals surface area contributed by atoms with Gasteiger partial charge >= 0.3 is 0 Å². The zero-order valence-corrected chi connectivity index (χ0v) is 10.4. The maximum atomic E-state index is 10.4. The minimum Gasteiger partial charge on any atom is -0.390 e. The standard InChI is InChI=1S/C15H23NO/c16-14-9-5-11-15(17,12-14)10-4-8-13-6-2-1-3-7-13/h1-3,6-7,14,17H,4-5,8-12,16H2. The highest BCUT2D eigenvalue weighted by Gasteiger charge is 2.32. The Kier molecular flexibility index (Phi) is 4.19. The molecule has 0 heterocycles. The second-order valence-corrected chi connectivity index (χ2v) is 5.42. The van der Waals surface area contributed by atoms with Crippen LogP contribution in [0.1, 0.15) is 44.1 Å². The second-order valence-electron chi connectivity index (χ2n) is 5.42. The summed E-state index contributed by atoms with van der Waals surface area (Å²) >= 11 is 0. The summed E-state index contributed by atoms with van der Waals surface area (Å²) in [6.07, 6.45) is 6.84. The summed E-state index contributed by atoms with van der Waals surface area (Å²) in [4.78, 5) is 0. The van der Waals surface area contributed by atoms with E-state index in [1.54, 1.807) is 0 Å². The van der Waals surface area contributed by atoms with Gasteiger partial charge in [-0.15, -0.1) is 0 Å². The van der Waals surface area contributed by atoms with E-state index in [1.165, 1.54) is 5.56 Å². The molecule has 0 spiro atoms. The zero-order chi connectivity index (χ0) is 12.1. The number of hydrogen-bond acceptors (Lipinski definition) is 2. The van der Waals surface area contributed by atoms with Gasteiger partial charge in [0.25, 0.3) is 0 Å². The summed E-state index contributed by atoms with van der Waals surface area (Å²) in [7, 11) is 0. The van der Waals surface area contributed by atoms with Gasteiger partial charge in [-0.05, 0) is 50.5 Å². The first-order chi connectivity index (χ1) is 8.18. The first-order valence-electron chi connectivity index (χ1n) is 6.70. The Morgan fingerprint density at radius 3 is 2.76 bits per heavy atom. The van der Waals surface area contributed by atoms with Crippen LogP contribution in [0, 0.1) is 0 Å². The molecular formula is C15H23NO. The Labute approximate surface area is 104 Å². The molecular weight excluding hydrogens is 210 g/mol. The average molecular weight is 233 g/mol. The quantitative estimate of drug-likeness (QED) is 0.839. The first kappa shape index (κ1) is 12.6. The Balaban J connectivity index is 1.78. The molecule has 17 heavy (non-hydrogen) atoms. The van der Waals surface area contributed by atoms with Gasteiger partial charge in [0.2, 0.25) is 0 Å². The number of rotatable bonds is 4. The van der Waals surface area contributed by atoms with E-state index in [1.807, 2.05) is 6.07 Å². The number of aryl methyl sites for hydroxylation is 1. The van der Waals surface area contributed by atoms with E-state index in [2.05, 4.69) is 24.3 Å². The fourth-order valence-electron chi connectivity index (χ4n) is 2.88. The first-order valence-corrected chi connectivity index (χ1v) is 6.70. The molecule has 0 radical (unpaired) electrons. The molecule has 0 saturated heterocycles. The van der Waals surface area contributed by atoms with Crippen LogP contribution in [0.2, 0.25) is 0 Å². The van der Waals surface area contributed by atoms with Crippen molar-refractivity contribution in [3.63, 3.8) is 0 Å². The highest BCUT2D eigenvalue weighted by atomic mass is 16.3. The van der Waals surface area contributed by atoms with E-state index in [0.29, 0.717) is 0 Å². The third-order valence-electron chi connectivity index (χ3n) is 3.81. The second kappa shape index (κ2) is 5.65. The Morgan fingerprint density at radius 2 is 2.06 bits per heavy atom. The van der Waals surface area contributed by atoms with Gasteiger partial charge < -0.3 is 10.8 Å². The van der Waals surface area contributed by atoms with E-state index in [0.717, 1.165) is 44.9 Å². The van der Waals surface area contributed by atoms with Crippen molar-refractivity contribution >= 4 is 0 Å². The van der Waals surface area contributed by atoms with Crippen molar-refractivity contribution in [1.82, 2.24) is 0 Å². The zero-order valence-electron chi connectivity index (χ0n) is 10.4. The van der Waals surface area contributed by atoms with Crippen LogP contribution >= 0.6 is 0 Å². The van der Waals surface area contributed by atoms with Gasteiger partial charge in [-0.1, -0.05) is 30.3 Å². The van der Waals surface area contributed by atoms with Crippen molar-refractivity contribution < 1.29 is 5.11 Å². The van der Waals surface area contributed by atoms with Crippen LogP contribution in [0.3, 0.4) is 0 Å². The summed E-state index contributed by atoms with van der Waals surface area (Å²) in [5, 5.41) is 10.4. The van der Waals surface area contributed by atoms with Gasteiger partial charge in [0.1, 0.15) is 0 Å². The van der Waals surface area contributed by atoms with Gasteiger partial charge in [-0.25, -0.2) is 0 Å². The van der Waals surface area contributed by atoms with Crippen LogP contribution in [0.5, 0.6) is 0 Å². The lowest BCUT2D eigenvalue weighted by Crippen LogP contribution is -2.41. The molecule has 1 aromatic carbocycles. The predicted molar refractivity (Wildman–Crippen MR) is 70.8 cm³/mol. The average Bonchev–Trinajstić information content (AvgIpc) is 2.30. The fourth-order valence-corrected chi connectivity index (χ4v) is 2.88. The molecule has 0 aliphatic heterocycles. The van der Waals surface area contributed by atoms with Crippen molar-refractivity contribution in [3.05, 3.63) is 35.9 Å². The summed E-state index contributed by atoms with van der Waals surface area (Å²) < 4.78 is 0.